The van der Waals surface area contributed by atoms with E-state index in [9.17, 15) is 14.4 Å². The van der Waals surface area contributed by atoms with E-state index in [-0.39, 0.29) is 12.5 Å². The first-order valence-corrected chi connectivity index (χ1v) is 8.98. The summed E-state index contributed by atoms with van der Waals surface area (Å²) in [6.45, 7) is 3.23. The molecule has 9 heteroatoms. The molecule has 29 heavy (non-hydrogen) atoms. The number of ether oxygens (including phenoxy) is 3. The van der Waals surface area contributed by atoms with E-state index in [1.807, 2.05) is 0 Å². The third-order valence-electron chi connectivity index (χ3n) is 4.28. The van der Waals surface area contributed by atoms with E-state index in [1.54, 1.807) is 38.1 Å². The number of esters is 1. The quantitative estimate of drug-likeness (QED) is 0.661. The highest BCUT2D eigenvalue weighted by Crippen LogP contribution is 2.31. The van der Waals surface area contributed by atoms with Crippen molar-refractivity contribution >= 4 is 11.9 Å². The van der Waals surface area contributed by atoms with Gasteiger partial charge in [0.1, 0.15) is 12.6 Å². The van der Waals surface area contributed by atoms with Crippen LogP contribution in [0.25, 0.3) is 11.3 Å². The predicted molar refractivity (Wildman–Crippen MR) is 106 cm³/mol. The zero-order valence-electron chi connectivity index (χ0n) is 17.1. The maximum Gasteiger partial charge on any atom is 0.328 e. The largest absolute Gasteiger partial charge is 0.493 e. The normalized spacial score (nSPS) is 11.7. The fraction of sp³-hybridized carbons (Fsp3) is 0.400. The fourth-order valence-corrected chi connectivity index (χ4v) is 2.69. The molecule has 0 aliphatic rings. The summed E-state index contributed by atoms with van der Waals surface area (Å²) in [5, 5.41) is 6.85. The lowest BCUT2D eigenvalue weighted by Gasteiger charge is -2.19. The SMILES string of the molecule is COC(=O)[C@H](NC(=O)Cn1nc(-c2ccc(OC)c(OC)c2)ccc1=O)C(C)C. The molecule has 0 fully saturated rings. The lowest BCUT2D eigenvalue weighted by molar-refractivity contribution is -0.146. The van der Waals surface area contributed by atoms with Gasteiger partial charge in [0.25, 0.3) is 5.56 Å². The van der Waals surface area contributed by atoms with Gasteiger partial charge in [0.2, 0.25) is 5.91 Å². The molecule has 0 saturated carbocycles. The van der Waals surface area contributed by atoms with Crippen molar-refractivity contribution in [3.05, 3.63) is 40.7 Å². The number of aromatic nitrogens is 2. The molecule has 0 radical (unpaired) electrons. The van der Waals surface area contributed by atoms with Crippen molar-refractivity contribution < 1.29 is 23.8 Å². The standard InChI is InChI=1S/C20H25N3O6/c1-12(2)19(20(26)29-5)21-17(24)11-23-18(25)9-7-14(22-23)13-6-8-15(27-3)16(10-13)28-4/h6-10,12,19H,11H2,1-5H3,(H,21,24)/t19-/m1/s1. The molecule has 0 bridgehead atoms. The van der Waals surface area contributed by atoms with Crippen molar-refractivity contribution in [1.29, 1.82) is 0 Å². The maximum absolute atomic E-state index is 12.4. The van der Waals surface area contributed by atoms with Gasteiger partial charge in [0.05, 0.1) is 27.0 Å². The van der Waals surface area contributed by atoms with Gasteiger partial charge in [-0.15, -0.1) is 0 Å². The Hall–Kier alpha value is -3.36. The van der Waals surface area contributed by atoms with E-state index in [0.29, 0.717) is 22.8 Å². The highest BCUT2D eigenvalue weighted by Gasteiger charge is 2.25. The molecule has 1 atom stereocenters. The molecule has 0 saturated heterocycles. The van der Waals surface area contributed by atoms with Crippen LogP contribution in [0.15, 0.2) is 35.1 Å². The minimum atomic E-state index is -0.808. The first-order valence-electron chi connectivity index (χ1n) is 8.98. The molecule has 1 heterocycles. The summed E-state index contributed by atoms with van der Waals surface area (Å²) < 4.78 is 16.2. The fourth-order valence-electron chi connectivity index (χ4n) is 2.69. The minimum Gasteiger partial charge on any atom is -0.493 e. The van der Waals surface area contributed by atoms with Crippen molar-refractivity contribution in [3.63, 3.8) is 0 Å². The van der Waals surface area contributed by atoms with E-state index in [4.69, 9.17) is 14.2 Å². The molecular weight excluding hydrogens is 378 g/mol. The highest BCUT2D eigenvalue weighted by molar-refractivity contribution is 5.84. The Kier molecular flexibility index (Phi) is 7.35. The molecule has 1 N–H and O–H groups in total. The van der Waals surface area contributed by atoms with Crippen LogP contribution in [0.1, 0.15) is 13.8 Å². The molecule has 2 aromatic rings. The van der Waals surface area contributed by atoms with Crippen LogP contribution in [0.5, 0.6) is 11.5 Å². The van der Waals surface area contributed by atoms with Crippen LogP contribution < -0.4 is 20.3 Å². The molecule has 1 aromatic heterocycles. The van der Waals surface area contributed by atoms with Gasteiger partial charge in [-0.3, -0.25) is 9.59 Å². The zero-order valence-corrected chi connectivity index (χ0v) is 17.1. The second kappa shape index (κ2) is 9.72. The lowest BCUT2D eigenvalue weighted by Crippen LogP contribution is -2.47. The second-order valence-electron chi connectivity index (χ2n) is 6.60. The number of amides is 1. The monoisotopic (exact) mass is 403 g/mol. The Balaban J connectivity index is 2.26. The molecule has 156 valence electrons. The van der Waals surface area contributed by atoms with E-state index in [0.717, 1.165) is 4.68 Å². The number of nitrogens with zero attached hydrogens (tertiary/aromatic N) is 2. The molecule has 2 rings (SSSR count). The Bertz CT molecular complexity index is 938. The number of carbonyl (C=O) groups is 2. The molecule has 1 amide bonds. The van der Waals surface area contributed by atoms with Crippen LogP contribution in [0.3, 0.4) is 0 Å². The van der Waals surface area contributed by atoms with Gasteiger partial charge in [0, 0.05) is 11.6 Å². The van der Waals surface area contributed by atoms with Gasteiger partial charge < -0.3 is 19.5 Å². The van der Waals surface area contributed by atoms with Crippen LogP contribution in [0.4, 0.5) is 0 Å². The van der Waals surface area contributed by atoms with Gasteiger partial charge in [-0.05, 0) is 30.2 Å². The average Bonchev–Trinajstić information content (AvgIpc) is 2.72. The van der Waals surface area contributed by atoms with Crippen molar-refractivity contribution in [2.45, 2.75) is 26.4 Å². The molecule has 0 unspecified atom stereocenters. The maximum atomic E-state index is 12.4. The first kappa shape index (κ1) is 21.9. The smallest absolute Gasteiger partial charge is 0.328 e. The number of hydrogen-bond acceptors (Lipinski definition) is 7. The van der Waals surface area contributed by atoms with Crippen molar-refractivity contribution in [2.75, 3.05) is 21.3 Å². The molecular formula is C20H25N3O6. The Morgan fingerprint density at radius 1 is 1.07 bits per heavy atom. The number of carbonyl (C=O) groups excluding carboxylic acids is 2. The van der Waals surface area contributed by atoms with Gasteiger partial charge in [-0.2, -0.15) is 5.10 Å². The summed E-state index contributed by atoms with van der Waals surface area (Å²) >= 11 is 0. The second-order valence-corrected chi connectivity index (χ2v) is 6.60. The summed E-state index contributed by atoms with van der Waals surface area (Å²) in [5.74, 6) is -0.165. The topological polar surface area (TPSA) is 109 Å². The Morgan fingerprint density at radius 2 is 1.76 bits per heavy atom. The average molecular weight is 403 g/mol. The third kappa shape index (κ3) is 5.34. The number of rotatable bonds is 8. The molecule has 0 spiro atoms. The summed E-state index contributed by atoms with van der Waals surface area (Å²) in [6, 6.07) is 7.29. The Morgan fingerprint density at radius 3 is 2.34 bits per heavy atom. The van der Waals surface area contributed by atoms with E-state index in [2.05, 4.69) is 10.4 Å². The van der Waals surface area contributed by atoms with Gasteiger partial charge in [-0.1, -0.05) is 13.8 Å². The van der Waals surface area contributed by atoms with Gasteiger partial charge in [-0.25, -0.2) is 9.48 Å². The lowest BCUT2D eigenvalue weighted by atomic mass is 10.0. The van der Waals surface area contributed by atoms with Crippen molar-refractivity contribution in [3.8, 4) is 22.8 Å². The summed E-state index contributed by atoms with van der Waals surface area (Å²) in [5.41, 5.74) is 0.724. The zero-order chi connectivity index (χ0) is 21.6. The number of benzene rings is 1. The first-order chi connectivity index (χ1) is 13.8. The summed E-state index contributed by atoms with van der Waals surface area (Å²) in [6.07, 6.45) is 0. The van der Waals surface area contributed by atoms with Gasteiger partial charge >= 0.3 is 5.97 Å². The molecule has 0 aliphatic heterocycles. The van der Waals surface area contributed by atoms with Crippen molar-refractivity contribution in [1.82, 2.24) is 15.1 Å². The molecule has 9 nitrogen and oxygen atoms in total. The molecule has 1 aromatic carbocycles. The van der Waals surface area contributed by atoms with Crippen LogP contribution in [0, 0.1) is 5.92 Å². The van der Waals surface area contributed by atoms with E-state index < -0.39 is 23.5 Å². The summed E-state index contributed by atoms with van der Waals surface area (Å²) in [4.78, 5) is 36.3. The predicted octanol–water partition coefficient (Wildman–Crippen LogP) is 1.24. The third-order valence-corrected chi connectivity index (χ3v) is 4.28. The summed E-state index contributed by atoms with van der Waals surface area (Å²) in [7, 11) is 4.31. The van der Waals surface area contributed by atoms with Crippen LogP contribution >= 0.6 is 0 Å². The Labute approximate surface area is 168 Å². The van der Waals surface area contributed by atoms with Gasteiger partial charge in [0.15, 0.2) is 11.5 Å². The molecule has 0 aliphatic carbocycles. The van der Waals surface area contributed by atoms with Crippen LogP contribution in [0.2, 0.25) is 0 Å². The van der Waals surface area contributed by atoms with Crippen LogP contribution in [-0.4, -0.2) is 49.0 Å². The highest BCUT2D eigenvalue weighted by atomic mass is 16.5. The number of nitrogens with one attached hydrogen (secondary N) is 1. The van der Waals surface area contributed by atoms with E-state index >= 15 is 0 Å². The van der Waals surface area contributed by atoms with Crippen LogP contribution in [-0.2, 0) is 20.9 Å². The number of hydrogen-bond donors (Lipinski definition) is 1. The minimum absolute atomic E-state index is 0.172. The number of methoxy groups -OCH3 is 3. The van der Waals surface area contributed by atoms with Crippen molar-refractivity contribution in [2.24, 2.45) is 5.92 Å². The van der Waals surface area contributed by atoms with E-state index in [1.165, 1.54) is 27.4 Å².